The van der Waals surface area contributed by atoms with E-state index in [0.717, 1.165) is 11.8 Å². The lowest BCUT2D eigenvalue weighted by Crippen LogP contribution is -2.31. The predicted molar refractivity (Wildman–Crippen MR) is 69.3 cm³/mol. The first-order valence-corrected chi connectivity index (χ1v) is 6.65. The Morgan fingerprint density at radius 1 is 1.35 bits per heavy atom. The van der Waals surface area contributed by atoms with Crippen LogP contribution in [0.3, 0.4) is 0 Å². The predicted octanol–water partition coefficient (Wildman–Crippen LogP) is 2.62. The van der Waals surface area contributed by atoms with Crippen molar-refractivity contribution >= 4 is 0 Å². The highest BCUT2D eigenvalue weighted by molar-refractivity contribution is 5.40. The Morgan fingerprint density at radius 2 is 2.18 bits per heavy atom. The molecule has 2 nitrogen and oxygen atoms in total. The minimum absolute atomic E-state index is 0.423. The number of nitrogens with zero attached hydrogens (tertiary/aromatic N) is 1. The Morgan fingerprint density at radius 3 is 3.00 bits per heavy atom. The smallest absolute Gasteiger partial charge is 0.115 e. The zero-order valence-electron chi connectivity index (χ0n) is 10.7. The molecule has 17 heavy (non-hydrogen) atoms. The summed E-state index contributed by atoms with van der Waals surface area (Å²) >= 11 is 0. The third-order valence-corrected chi connectivity index (χ3v) is 4.76. The number of likely N-dealkylation sites (tertiary alicyclic amines) is 1. The molecule has 1 saturated heterocycles. The van der Waals surface area contributed by atoms with Crippen molar-refractivity contribution in [3.05, 3.63) is 29.3 Å². The second kappa shape index (κ2) is 4.02. The van der Waals surface area contributed by atoms with E-state index in [0.29, 0.717) is 11.7 Å². The van der Waals surface area contributed by atoms with Gasteiger partial charge in [-0.3, -0.25) is 0 Å². The van der Waals surface area contributed by atoms with Crippen LogP contribution >= 0.6 is 0 Å². The van der Waals surface area contributed by atoms with Gasteiger partial charge in [0.25, 0.3) is 0 Å². The molecule has 0 aromatic heterocycles. The van der Waals surface area contributed by atoms with Crippen LogP contribution in [0.5, 0.6) is 5.75 Å². The first kappa shape index (κ1) is 11.1. The average Bonchev–Trinajstić information content (AvgIpc) is 2.39. The Kier molecular flexibility index (Phi) is 2.62. The molecule has 3 atom stereocenters. The molecule has 1 aromatic rings. The molecule has 0 spiro atoms. The van der Waals surface area contributed by atoms with Crippen molar-refractivity contribution in [1.82, 2.24) is 4.90 Å². The topological polar surface area (TPSA) is 23.5 Å². The SMILES string of the molecule is C[C@H]1[C@@H]2Cc3ccc(O)cc3[C@@H]1CCN(C)C2. The van der Waals surface area contributed by atoms with E-state index in [1.165, 1.54) is 37.1 Å². The minimum atomic E-state index is 0.423. The number of fused-ring (bicyclic) bond motifs is 4. The fraction of sp³-hybridized carbons (Fsp3) is 0.600. The summed E-state index contributed by atoms with van der Waals surface area (Å²) in [6.07, 6.45) is 2.40. The second-order valence-corrected chi connectivity index (χ2v) is 5.86. The maximum Gasteiger partial charge on any atom is 0.115 e. The molecule has 1 aliphatic heterocycles. The molecule has 3 rings (SSSR count). The maximum absolute atomic E-state index is 9.68. The van der Waals surface area contributed by atoms with Crippen molar-refractivity contribution in [1.29, 1.82) is 0 Å². The number of phenols is 1. The molecule has 0 unspecified atom stereocenters. The number of phenolic OH excluding ortho intramolecular Hbond substituents is 1. The molecule has 0 amide bonds. The largest absolute Gasteiger partial charge is 0.508 e. The molecule has 1 fully saturated rings. The zero-order chi connectivity index (χ0) is 12.0. The normalized spacial score (nSPS) is 32.9. The lowest BCUT2D eigenvalue weighted by Gasteiger charge is -2.36. The van der Waals surface area contributed by atoms with E-state index in [2.05, 4.69) is 24.9 Å². The van der Waals surface area contributed by atoms with Crippen molar-refractivity contribution in [2.24, 2.45) is 11.8 Å². The zero-order valence-corrected chi connectivity index (χ0v) is 10.7. The summed E-state index contributed by atoms with van der Waals surface area (Å²) in [5.74, 6) is 2.59. The summed E-state index contributed by atoms with van der Waals surface area (Å²) in [5.41, 5.74) is 2.87. The summed E-state index contributed by atoms with van der Waals surface area (Å²) in [6.45, 7) is 4.79. The van der Waals surface area contributed by atoms with Crippen LogP contribution in [-0.4, -0.2) is 30.1 Å². The highest BCUT2D eigenvalue weighted by Crippen LogP contribution is 2.44. The molecule has 0 saturated carbocycles. The molecule has 2 aliphatic rings. The Hall–Kier alpha value is -1.02. The van der Waals surface area contributed by atoms with E-state index in [-0.39, 0.29) is 0 Å². The maximum atomic E-state index is 9.68. The lowest BCUT2D eigenvalue weighted by atomic mass is 9.69. The highest BCUT2D eigenvalue weighted by Gasteiger charge is 2.36. The second-order valence-electron chi connectivity index (χ2n) is 5.86. The van der Waals surface area contributed by atoms with Crippen LogP contribution < -0.4 is 0 Å². The van der Waals surface area contributed by atoms with Crippen molar-refractivity contribution < 1.29 is 5.11 Å². The standard InChI is InChI=1S/C15H21NO/c1-10-12-7-11-3-4-13(17)8-15(11)14(10)5-6-16(2)9-12/h3-4,8,10,12,14,17H,5-7,9H2,1-2H3/t10-,12+,14+/m0/s1. The minimum Gasteiger partial charge on any atom is -0.508 e. The van der Waals surface area contributed by atoms with E-state index in [4.69, 9.17) is 0 Å². The van der Waals surface area contributed by atoms with Gasteiger partial charge in [-0.15, -0.1) is 0 Å². The van der Waals surface area contributed by atoms with Gasteiger partial charge in [-0.1, -0.05) is 13.0 Å². The average molecular weight is 231 g/mol. The van der Waals surface area contributed by atoms with Gasteiger partial charge in [0, 0.05) is 6.54 Å². The van der Waals surface area contributed by atoms with Gasteiger partial charge in [0.05, 0.1) is 0 Å². The quantitative estimate of drug-likeness (QED) is 0.742. The van der Waals surface area contributed by atoms with Crippen LogP contribution in [0.15, 0.2) is 18.2 Å². The van der Waals surface area contributed by atoms with Gasteiger partial charge in [0.2, 0.25) is 0 Å². The fourth-order valence-corrected chi connectivity index (χ4v) is 3.69. The first-order valence-electron chi connectivity index (χ1n) is 6.65. The van der Waals surface area contributed by atoms with Crippen molar-refractivity contribution in [2.45, 2.75) is 25.7 Å². The summed E-state index contributed by atoms with van der Waals surface area (Å²) in [5, 5.41) is 9.68. The van der Waals surface area contributed by atoms with Gasteiger partial charge >= 0.3 is 0 Å². The van der Waals surface area contributed by atoms with Gasteiger partial charge in [-0.05, 0) is 67.4 Å². The van der Waals surface area contributed by atoms with Crippen LogP contribution in [-0.2, 0) is 6.42 Å². The van der Waals surface area contributed by atoms with Crippen molar-refractivity contribution in [3.63, 3.8) is 0 Å². The Balaban J connectivity index is 2.04. The third-order valence-electron chi connectivity index (χ3n) is 4.76. The number of aromatic hydroxyl groups is 1. The van der Waals surface area contributed by atoms with Crippen LogP contribution in [0.4, 0.5) is 0 Å². The summed E-state index contributed by atoms with van der Waals surface area (Å²) < 4.78 is 0. The molecule has 1 N–H and O–H groups in total. The van der Waals surface area contributed by atoms with Gasteiger partial charge in [0.15, 0.2) is 0 Å². The van der Waals surface area contributed by atoms with E-state index in [1.54, 1.807) is 0 Å². The first-order chi connectivity index (χ1) is 8.15. The lowest BCUT2D eigenvalue weighted by molar-refractivity contribution is 0.247. The molecular formula is C15H21NO. The van der Waals surface area contributed by atoms with Gasteiger partial charge in [0.1, 0.15) is 5.75 Å². The number of rotatable bonds is 0. The van der Waals surface area contributed by atoms with Crippen molar-refractivity contribution in [3.8, 4) is 5.75 Å². The van der Waals surface area contributed by atoms with Gasteiger partial charge in [-0.25, -0.2) is 0 Å². The van der Waals surface area contributed by atoms with Crippen LogP contribution in [0.2, 0.25) is 0 Å². The molecule has 2 bridgehead atoms. The molecule has 2 heteroatoms. The van der Waals surface area contributed by atoms with Gasteiger partial charge in [-0.2, -0.15) is 0 Å². The number of benzene rings is 1. The van der Waals surface area contributed by atoms with E-state index >= 15 is 0 Å². The van der Waals surface area contributed by atoms with E-state index in [9.17, 15) is 5.11 Å². The van der Waals surface area contributed by atoms with E-state index in [1.807, 2.05) is 12.1 Å². The third kappa shape index (κ3) is 1.85. The highest BCUT2D eigenvalue weighted by atomic mass is 16.3. The number of hydrogen-bond donors (Lipinski definition) is 1. The Bertz CT molecular complexity index is 429. The van der Waals surface area contributed by atoms with Crippen molar-refractivity contribution in [2.75, 3.05) is 20.1 Å². The van der Waals surface area contributed by atoms with Gasteiger partial charge < -0.3 is 10.0 Å². The fourth-order valence-electron chi connectivity index (χ4n) is 3.69. The summed E-state index contributed by atoms with van der Waals surface area (Å²) in [6, 6.07) is 5.96. The van der Waals surface area contributed by atoms with E-state index < -0.39 is 0 Å². The van der Waals surface area contributed by atoms with Crippen LogP contribution in [0.25, 0.3) is 0 Å². The molecule has 1 heterocycles. The number of hydrogen-bond acceptors (Lipinski definition) is 2. The molecule has 1 aromatic carbocycles. The monoisotopic (exact) mass is 231 g/mol. The van der Waals surface area contributed by atoms with Crippen LogP contribution in [0.1, 0.15) is 30.4 Å². The summed E-state index contributed by atoms with van der Waals surface area (Å²) in [7, 11) is 2.23. The molecule has 92 valence electrons. The van der Waals surface area contributed by atoms with Crippen LogP contribution in [0, 0.1) is 11.8 Å². The molecular weight excluding hydrogens is 210 g/mol. The summed E-state index contributed by atoms with van der Waals surface area (Å²) in [4.78, 5) is 2.47. The molecule has 0 radical (unpaired) electrons. The Labute approximate surface area is 103 Å². The molecule has 1 aliphatic carbocycles.